The number of hydrogen-bond acceptors (Lipinski definition) is 5. The van der Waals surface area contributed by atoms with Crippen LogP contribution in [0.1, 0.15) is 50.9 Å². The maximum absolute atomic E-state index is 5.81. The minimum Gasteiger partial charge on any atom is -0.475 e. The largest absolute Gasteiger partial charge is 0.475 e. The highest BCUT2D eigenvalue weighted by Crippen LogP contribution is 2.39. The average Bonchev–Trinajstić information content (AvgIpc) is 3.26. The van der Waals surface area contributed by atoms with Crippen LogP contribution in [0.15, 0.2) is 0 Å². The van der Waals surface area contributed by atoms with E-state index >= 15 is 0 Å². The quantitative estimate of drug-likeness (QED) is 0.709. The smallest absolute Gasteiger partial charge is 0.221 e. The van der Waals surface area contributed by atoms with Crippen LogP contribution in [0.4, 0.5) is 5.82 Å². The third-order valence-electron chi connectivity index (χ3n) is 3.32. The maximum atomic E-state index is 5.81. The molecule has 1 saturated carbocycles. The number of hydrogen-bond donors (Lipinski definition) is 1. The Morgan fingerprint density at radius 2 is 2.00 bits per heavy atom. The summed E-state index contributed by atoms with van der Waals surface area (Å²) in [6.07, 6.45) is 2.37. The molecule has 1 aromatic rings. The molecule has 5 heteroatoms. The molecular weight excluding hydrogens is 266 g/mol. The van der Waals surface area contributed by atoms with Gasteiger partial charge in [-0.05, 0) is 32.6 Å². The van der Waals surface area contributed by atoms with Crippen molar-refractivity contribution >= 4 is 5.82 Å². The van der Waals surface area contributed by atoms with Gasteiger partial charge in [-0.1, -0.05) is 13.8 Å². The van der Waals surface area contributed by atoms with E-state index in [1.54, 1.807) is 0 Å². The first-order valence-electron chi connectivity index (χ1n) is 7.94. The molecule has 1 fully saturated rings. The second-order valence-electron chi connectivity index (χ2n) is 5.98. The zero-order valence-corrected chi connectivity index (χ0v) is 13.6. The molecule has 1 aromatic heterocycles. The van der Waals surface area contributed by atoms with E-state index in [1.807, 2.05) is 6.92 Å². The van der Waals surface area contributed by atoms with E-state index in [0.29, 0.717) is 30.9 Å². The zero-order valence-electron chi connectivity index (χ0n) is 13.6. The molecule has 0 aromatic carbocycles. The fraction of sp³-hybridized carbons (Fsp3) is 0.750. The van der Waals surface area contributed by atoms with Crippen LogP contribution in [0.5, 0.6) is 5.88 Å². The first kappa shape index (κ1) is 16.0. The number of nitrogens with zero attached hydrogens (tertiary/aromatic N) is 2. The van der Waals surface area contributed by atoms with Crippen LogP contribution in [-0.2, 0) is 4.74 Å². The Morgan fingerprint density at radius 3 is 2.62 bits per heavy atom. The second-order valence-corrected chi connectivity index (χ2v) is 5.98. The Morgan fingerprint density at radius 1 is 1.24 bits per heavy atom. The van der Waals surface area contributed by atoms with Crippen LogP contribution in [0.3, 0.4) is 0 Å². The average molecular weight is 293 g/mol. The normalized spacial score (nSPS) is 14.5. The third kappa shape index (κ3) is 4.84. The van der Waals surface area contributed by atoms with Gasteiger partial charge in [0.1, 0.15) is 18.2 Å². The summed E-state index contributed by atoms with van der Waals surface area (Å²) in [7, 11) is 0. The van der Waals surface area contributed by atoms with Crippen molar-refractivity contribution in [1.82, 2.24) is 9.97 Å². The topological polar surface area (TPSA) is 56.3 Å². The highest BCUT2D eigenvalue weighted by molar-refractivity contribution is 5.49. The van der Waals surface area contributed by atoms with Crippen LogP contribution in [0, 0.1) is 12.8 Å². The van der Waals surface area contributed by atoms with E-state index in [9.17, 15) is 0 Å². The third-order valence-corrected chi connectivity index (χ3v) is 3.32. The molecule has 0 unspecified atom stereocenters. The lowest BCUT2D eigenvalue weighted by atomic mass is 10.2. The van der Waals surface area contributed by atoms with Gasteiger partial charge in [-0.3, -0.25) is 0 Å². The van der Waals surface area contributed by atoms with Crippen molar-refractivity contribution in [3.63, 3.8) is 0 Å². The summed E-state index contributed by atoms with van der Waals surface area (Å²) >= 11 is 0. The van der Waals surface area contributed by atoms with Crippen molar-refractivity contribution in [3.05, 3.63) is 11.4 Å². The van der Waals surface area contributed by atoms with Crippen molar-refractivity contribution in [2.75, 3.05) is 31.7 Å². The number of aromatic nitrogens is 2. The molecule has 1 aliphatic carbocycles. The Labute approximate surface area is 127 Å². The SMILES string of the molecule is CCNc1nc(C2CC2)nc(OCCOCC(C)C)c1C. The van der Waals surface area contributed by atoms with Crippen LogP contribution in [-0.4, -0.2) is 36.3 Å². The first-order valence-corrected chi connectivity index (χ1v) is 7.94. The van der Waals surface area contributed by atoms with Gasteiger partial charge in [0.05, 0.1) is 12.2 Å². The van der Waals surface area contributed by atoms with Crippen molar-refractivity contribution < 1.29 is 9.47 Å². The lowest BCUT2D eigenvalue weighted by Crippen LogP contribution is -2.13. The Hall–Kier alpha value is -1.36. The summed E-state index contributed by atoms with van der Waals surface area (Å²) in [5, 5.41) is 3.29. The van der Waals surface area contributed by atoms with E-state index in [-0.39, 0.29) is 0 Å². The van der Waals surface area contributed by atoms with Gasteiger partial charge in [0.2, 0.25) is 5.88 Å². The van der Waals surface area contributed by atoms with Crippen molar-refractivity contribution in [2.45, 2.75) is 46.5 Å². The molecule has 0 radical (unpaired) electrons. The summed E-state index contributed by atoms with van der Waals surface area (Å²) in [4.78, 5) is 9.20. The predicted molar refractivity (Wildman–Crippen MR) is 84.1 cm³/mol. The Bertz CT molecular complexity index is 459. The van der Waals surface area contributed by atoms with E-state index in [0.717, 1.165) is 30.4 Å². The summed E-state index contributed by atoms with van der Waals surface area (Å²) in [6.45, 7) is 11.1. The van der Waals surface area contributed by atoms with Crippen molar-refractivity contribution in [3.8, 4) is 5.88 Å². The molecule has 0 aliphatic heterocycles. The van der Waals surface area contributed by atoms with Crippen LogP contribution in [0.25, 0.3) is 0 Å². The molecule has 0 atom stereocenters. The molecule has 21 heavy (non-hydrogen) atoms. The number of rotatable bonds is 9. The molecule has 1 aliphatic rings. The fourth-order valence-electron chi connectivity index (χ4n) is 2.03. The number of ether oxygens (including phenoxy) is 2. The van der Waals surface area contributed by atoms with Gasteiger partial charge in [0.15, 0.2) is 0 Å². The summed E-state index contributed by atoms with van der Waals surface area (Å²) in [5.74, 6) is 3.56. The minimum atomic E-state index is 0.516. The zero-order chi connectivity index (χ0) is 15.2. The Balaban J connectivity index is 1.96. The fourth-order valence-corrected chi connectivity index (χ4v) is 2.03. The van der Waals surface area contributed by atoms with E-state index in [1.165, 1.54) is 12.8 Å². The highest BCUT2D eigenvalue weighted by atomic mass is 16.5. The molecule has 0 bridgehead atoms. The molecule has 1 N–H and O–H groups in total. The summed E-state index contributed by atoms with van der Waals surface area (Å²) in [6, 6.07) is 0. The van der Waals surface area contributed by atoms with Crippen molar-refractivity contribution in [1.29, 1.82) is 0 Å². The predicted octanol–water partition coefficient (Wildman–Crippen LogP) is 3.15. The van der Waals surface area contributed by atoms with Gasteiger partial charge in [0.25, 0.3) is 0 Å². The van der Waals surface area contributed by atoms with Gasteiger partial charge in [0, 0.05) is 19.1 Å². The molecule has 1 heterocycles. The van der Waals surface area contributed by atoms with Crippen molar-refractivity contribution in [2.24, 2.45) is 5.92 Å². The molecule has 0 saturated heterocycles. The van der Waals surface area contributed by atoms with E-state index < -0.39 is 0 Å². The van der Waals surface area contributed by atoms with E-state index in [2.05, 4.69) is 36.1 Å². The minimum absolute atomic E-state index is 0.516. The molecule has 2 rings (SSSR count). The standard InChI is InChI=1S/C16H27N3O2/c1-5-17-14-12(4)16(19-15(18-14)13-6-7-13)21-9-8-20-10-11(2)3/h11,13H,5-10H2,1-4H3,(H,17,18,19). The summed E-state index contributed by atoms with van der Waals surface area (Å²) < 4.78 is 11.3. The monoisotopic (exact) mass is 293 g/mol. The van der Waals surface area contributed by atoms with Gasteiger partial charge in [-0.15, -0.1) is 0 Å². The van der Waals surface area contributed by atoms with Crippen LogP contribution in [0.2, 0.25) is 0 Å². The Kier molecular flexibility index (Phi) is 5.79. The number of anilines is 1. The molecular formula is C16H27N3O2. The molecule has 5 nitrogen and oxygen atoms in total. The molecule has 0 spiro atoms. The van der Waals surface area contributed by atoms with Gasteiger partial charge in [-0.2, -0.15) is 4.98 Å². The van der Waals surface area contributed by atoms with Gasteiger partial charge < -0.3 is 14.8 Å². The maximum Gasteiger partial charge on any atom is 0.221 e. The first-order chi connectivity index (χ1) is 10.1. The second kappa shape index (κ2) is 7.59. The highest BCUT2D eigenvalue weighted by Gasteiger charge is 2.28. The summed E-state index contributed by atoms with van der Waals surface area (Å²) in [5.41, 5.74) is 0.977. The lowest BCUT2D eigenvalue weighted by molar-refractivity contribution is 0.0803. The van der Waals surface area contributed by atoms with Gasteiger partial charge in [-0.25, -0.2) is 4.98 Å². The van der Waals surface area contributed by atoms with Crippen LogP contribution >= 0.6 is 0 Å². The number of nitrogens with one attached hydrogen (secondary N) is 1. The van der Waals surface area contributed by atoms with Crippen LogP contribution < -0.4 is 10.1 Å². The molecule has 0 amide bonds. The van der Waals surface area contributed by atoms with Gasteiger partial charge >= 0.3 is 0 Å². The van der Waals surface area contributed by atoms with E-state index in [4.69, 9.17) is 9.47 Å². The molecule has 118 valence electrons. The lowest BCUT2D eigenvalue weighted by Gasteiger charge is -2.14.